The molecule has 2 N–H and O–H groups in total. The van der Waals surface area contributed by atoms with Crippen LogP contribution in [0.3, 0.4) is 0 Å². The van der Waals surface area contributed by atoms with Crippen molar-refractivity contribution in [3.63, 3.8) is 0 Å². The summed E-state index contributed by atoms with van der Waals surface area (Å²) in [6.07, 6.45) is 6.88. The summed E-state index contributed by atoms with van der Waals surface area (Å²) in [5.41, 5.74) is 6.58. The van der Waals surface area contributed by atoms with Crippen LogP contribution in [0.2, 0.25) is 0 Å². The number of thioether (sulfide) groups is 1. The largest absolute Gasteiger partial charge is 0.375 e. The second-order valence-electron chi connectivity index (χ2n) is 7.19. The highest BCUT2D eigenvalue weighted by atomic mass is 32.2. The number of hydrogen-bond acceptors (Lipinski definition) is 4. The zero-order chi connectivity index (χ0) is 16.1. The van der Waals surface area contributed by atoms with Gasteiger partial charge in [-0.1, -0.05) is 19.3 Å². The van der Waals surface area contributed by atoms with Crippen molar-refractivity contribution in [2.24, 2.45) is 10.7 Å². The Morgan fingerprint density at radius 2 is 1.96 bits per heavy atom. The van der Waals surface area contributed by atoms with Gasteiger partial charge in [-0.25, -0.2) is 0 Å². The molecule has 0 bridgehead atoms. The third-order valence-corrected chi connectivity index (χ3v) is 6.51. The first-order valence-corrected chi connectivity index (χ1v) is 10.3. The van der Waals surface area contributed by atoms with Crippen molar-refractivity contribution in [2.75, 3.05) is 50.8 Å². The summed E-state index contributed by atoms with van der Waals surface area (Å²) in [7, 11) is 0. The van der Waals surface area contributed by atoms with Crippen LogP contribution >= 0.6 is 11.8 Å². The van der Waals surface area contributed by atoms with Crippen molar-refractivity contribution in [3.8, 4) is 0 Å². The molecule has 0 radical (unpaired) electrons. The number of ether oxygens (including phenoxy) is 1. The van der Waals surface area contributed by atoms with Crippen LogP contribution in [0.15, 0.2) is 4.99 Å². The predicted molar refractivity (Wildman–Crippen MR) is 98.2 cm³/mol. The minimum absolute atomic E-state index is 0.250. The summed E-state index contributed by atoms with van der Waals surface area (Å²) in [5, 5.41) is 0. The molecule has 2 saturated heterocycles. The number of morpholine rings is 1. The van der Waals surface area contributed by atoms with Gasteiger partial charge in [0.25, 0.3) is 0 Å². The summed E-state index contributed by atoms with van der Waals surface area (Å²) in [5.74, 6) is 3.25. The fourth-order valence-corrected chi connectivity index (χ4v) is 5.08. The average molecular weight is 341 g/mol. The van der Waals surface area contributed by atoms with Crippen molar-refractivity contribution in [1.82, 2.24) is 9.80 Å². The highest BCUT2D eigenvalue weighted by Crippen LogP contribution is 2.35. The van der Waals surface area contributed by atoms with Crippen LogP contribution in [-0.4, -0.2) is 78.2 Å². The van der Waals surface area contributed by atoms with Gasteiger partial charge >= 0.3 is 0 Å². The Labute approximate surface area is 145 Å². The van der Waals surface area contributed by atoms with Gasteiger partial charge in [0.2, 0.25) is 0 Å². The molecule has 132 valence electrons. The van der Waals surface area contributed by atoms with Gasteiger partial charge in [0, 0.05) is 43.2 Å². The molecular weight excluding hydrogens is 308 g/mol. The standard InChI is InChI=1S/C17H32N4OS/c1-15-13-20(7-10-22-15)16(18)19-14-17(5-3-2-4-6-17)21-8-11-23-12-9-21/h15H,2-14H2,1H3,(H2,18,19). The van der Waals surface area contributed by atoms with E-state index in [1.54, 1.807) is 0 Å². The van der Waals surface area contributed by atoms with Crippen molar-refractivity contribution >= 4 is 17.7 Å². The highest BCUT2D eigenvalue weighted by Gasteiger charge is 2.38. The highest BCUT2D eigenvalue weighted by molar-refractivity contribution is 7.99. The lowest BCUT2D eigenvalue weighted by Gasteiger charge is -2.47. The Hall–Kier alpha value is -0.460. The van der Waals surface area contributed by atoms with Gasteiger partial charge in [-0.3, -0.25) is 9.89 Å². The molecule has 3 rings (SSSR count). The first kappa shape index (κ1) is 17.4. The first-order chi connectivity index (χ1) is 11.2. The van der Waals surface area contributed by atoms with Gasteiger partial charge < -0.3 is 15.4 Å². The normalized spacial score (nSPS) is 30.4. The minimum atomic E-state index is 0.250. The van der Waals surface area contributed by atoms with E-state index in [2.05, 4.69) is 28.5 Å². The van der Waals surface area contributed by atoms with Crippen LogP contribution in [0.4, 0.5) is 0 Å². The third-order valence-electron chi connectivity index (χ3n) is 5.57. The van der Waals surface area contributed by atoms with E-state index in [4.69, 9.17) is 15.5 Å². The molecule has 2 heterocycles. The Morgan fingerprint density at radius 1 is 1.22 bits per heavy atom. The van der Waals surface area contributed by atoms with Gasteiger partial charge in [-0.15, -0.1) is 0 Å². The van der Waals surface area contributed by atoms with E-state index < -0.39 is 0 Å². The molecule has 5 nitrogen and oxygen atoms in total. The Bertz CT molecular complexity index is 405. The topological polar surface area (TPSA) is 54.1 Å². The third kappa shape index (κ3) is 4.34. The Morgan fingerprint density at radius 3 is 2.65 bits per heavy atom. The van der Waals surface area contributed by atoms with E-state index in [1.165, 1.54) is 56.7 Å². The monoisotopic (exact) mass is 340 g/mol. The quantitative estimate of drug-likeness (QED) is 0.627. The molecular formula is C17H32N4OS. The molecule has 6 heteroatoms. The zero-order valence-corrected chi connectivity index (χ0v) is 15.3. The molecule has 3 fully saturated rings. The maximum atomic E-state index is 6.31. The summed E-state index contributed by atoms with van der Waals surface area (Å²) in [4.78, 5) is 9.78. The molecule has 1 saturated carbocycles. The smallest absolute Gasteiger partial charge is 0.191 e. The molecule has 23 heavy (non-hydrogen) atoms. The van der Waals surface area contributed by atoms with Gasteiger partial charge in [0.15, 0.2) is 5.96 Å². The van der Waals surface area contributed by atoms with Crippen LogP contribution in [0, 0.1) is 0 Å². The number of nitrogens with two attached hydrogens (primary N) is 1. The molecule has 0 amide bonds. The summed E-state index contributed by atoms with van der Waals surface area (Å²) < 4.78 is 5.60. The van der Waals surface area contributed by atoms with E-state index in [0.29, 0.717) is 0 Å². The summed E-state index contributed by atoms with van der Waals surface area (Å²) in [6.45, 7) is 7.90. The lowest BCUT2D eigenvalue weighted by atomic mass is 9.80. The van der Waals surface area contributed by atoms with Crippen LogP contribution in [0.25, 0.3) is 0 Å². The van der Waals surface area contributed by atoms with Crippen LogP contribution < -0.4 is 5.73 Å². The summed E-state index contributed by atoms with van der Waals surface area (Å²) in [6, 6.07) is 0. The second kappa shape index (κ2) is 8.08. The predicted octanol–water partition coefficient (Wildman–Crippen LogP) is 1.77. The molecule has 2 aliphatic heterocycles. The SMILES string of the molecule is CC1CN(C(N)=NCC2(N3CCSCC3)CCCCC2)CCO1. The maximum absolute atomic E-state index is 6.31. The van der Waals surface area contributed by atoms with E-state index >= 15 is 0 Å². The van der Waals surface area contributed by atoms with Crippen molar-refractivity contribution in [3.05, 3.63) is 0 Å². The first-order valence-electron chi connectivity index (χ1n) is 9.19. The maximum Gasteiger partial charge on any atom is 0.191 e. The van der Waals surface area contributed by atoms with Crippen LogP contribution in [0.5, 0.6) is 0 Å². The van der Waals surface area contributed by atoms with Crippen LogP contribution in [-0.2, 0) is 4.74 Å². The van der Waals surface area contributed by atoms with Gasteiger partial charge in [-0.05, 0) is 19.8 Å². The number of guanidine groups is 1. The second-order valence-corrected chi connectivity index (χ2v) is 8.41. The molecule has 0 aromatic rings. The van der Waals surface area contributed by atoms with E-state index in [9.17, 15) is 0 Å². The van der Waals surface area contributed by atoms with Crippen molar-refractivity contribution in [2.45, 2.75) is 50.7 Å². The zero-order valence-electron chi connectivity index (χ0n) is 14.5. The summed E-state index contributed by atoms with van der Waals surface area (Å²) >= 11 is 2.08. The number of hydrogen-bond donors (Lipinski definition) is 1. The van der Waals surface area contributed by atoms with Gasteiger partial charge in [0.1, 0.15) is 0 Å². The van der Waals surface area contributed by atoms with E-state index in [0.717, 1.165) is 32.2 Å². The van der Waals surface area contributed by atoms with E-state index in [-0.39, 0.29) is 11.6 Å². The molecule has 3 aliphatic rings. The van der Waals surface area contributed by atoms with Gasteiger partial charge in [0.05, 0.1) is 19.3 Å². The number of aliphatic imine (C=N–C) groups is 1. The minimum Gasteiger partial charge on any atom is -0.375 e. The molecule has 0 aromatic carbocycles. The molecule has 0 aromatic heterocycles. The number of rotatable bonds is 3. The Kier molecular flexibility index (Phi) is 6.10. The Balaban J connectivity index is 1.66. The van der Waals surface area contributed by atoms with Crippen molar-refractivity contribution in [1.29, 1.82) is 0 Å². The van der Waals surface area contributed by atoms with Crippen molar-refractivity contribution < 1.29 is 4.74 Å². The molecule has 1 unspecified atom stereocenters. The lowest BCUT2D eigenvalue weighted by molar-refractivity contribution is 0.00502. The fourth-order valence-electron chi connectivity index (χ4n) is 4.18. The fraction of sp³-hybridized carbons (Fsp3) is 0.941. The number of nitrogens with zero attached hydrogens (tertiary/aromatic N) is 3. The molecule has 1 aliphatic carbocycles. The molecule has 1 atom stereocenters. The van der Waals surface area contributed by atoms with Gasteiger partial charge in [-0.2, -0.15) is 11.8 Å². The average Bonchev–Trinajstić information content (AvgIpc) is 2.61. The lowest BCUT2D eigenvalue weighted by Crippen LogP contribution is -2.56. The molecule has 0 spiro atoms. The van der Waals surface area contributed by atoms with E-state index in [1.807, 2.05) is 0 Å². The van der Waals surface area contributed by atoms with Crippen LogP contribution in [0.1, 0.15) is 39.0 Å².